The molecule has 0 aromatic carbocycles. The molecule has 0 saturated heterocycles. The average Bonchev–Trinajstić information content (AvgIpc) is 2.33. The number of aromatic carboxylic acids is 1. The number of nitrogens with zero attached hydrogens (tertiary/aromatic N) is 1. The number of hydrogen-bond donors (Lipinski definition) is 2. The van der Waals surface area contributed by atoms with Gasteiger partial charge in [-0.15, -0.1) is 0 Å². The second-order valence-corrected chi connectivity index (χ2v) is 2.29. The number of primary amides is 1. The van der Waals surface area contributed by atoms with Crippen molar-refractivity contribution in [3.63, 3.8) is 0 Å². The van der Waals surface area contributed by atoms with Crippen LogP contribution in [0.1, 0.15) is 10.5 Å². The molecule has 1 aromatic rings. The number of carboxylic acids is 1. The first-order valence-electron chi connectivity index (χ1n) is 3.28. The Hall–Kier alpha value is -1.78. The molecule has 0 aliphatic heterocycles. The van der Waals surface area contributed by atoms with Gasteiger partial charge >= 0.3 is 5.97 Å². The SMILES string of the molecule is NC(=O)Cn1cccc1C(=O)O. The third-order valence-electron chi connectivity index (χ3n) is 1.37. The van der Waals surface area contributed by atoms with Crippen molar-refractivity contribution in [3.05, 3.63) is 24.0 Å². The van der Waals surface area contributed by atoms with Crippen LogP contribution < -0.4 is 5.73 Å². The van der Waals surface area contributed by atoms with Gasteiger partial charge in [-0.25, -0.2) is 4.79 Å². The lowest BCUT2D eigenvalue weighted by Crippen LogP contribution is -2.20. The van der Waals surface area contributed by atoms with E-state index in [2.05, 4.69) is 0 Å². The van der Waals surface area contributed by atoms with Gasteiger partial charge in [-0.2, -0.15) is 0 Å². The first-order chi connectivity index (χ1) is 5.61. The Morgan fingerprint density at radius 1 is 1.58 bits per heavy atom. The molecule has 0 aliphatic carbocycles. The maximum atomic E-state index is 10.5. The quantitative estimate of drug-likeness (QED) is 0.648. The summed E-state index contributed by atoms with van der Waals surface area (Å²) in [4.78, 5) is 20.9. The van der Waals surface area contributed by atoms with E-state index in [0.29, 0.717) is 0 Å². The lowest BCUT2D eigenvalue weighted by Gasteiger charge is -2.01. The summed E-state index contributed by atoms with van der Waals surface area (Å²) in [5.74, 6) is -1.63. The molecule has 1 aromatic heterocycles. The van der Waals surface area contributed by atoms with E-state index in [1.807, 2.05) is 0 Å². The highest BCUT2D eigenvalue weighted by Gasteiger charge is 2.09. The van der Waals surface area contributed by atoms with Crippen LogP contribution in [0.15, 0.2) is 18.3 Å². The van der Waals surface area contributed by atoms with Crippen molar-refractivity contribution >= 4 is 11.9 Å². The minimum atomic E-state index is -1.07. The Kier molecular flexibility index (Phi) is 2.14. The fourth-order valence-corrected chi connectivity index (χ4v) is 0.914. The van der Waals surface area contributed by atoms with Gasteiger partial charge in [0.25, 0.3) is 0 Å². The second kappa shape index (κ2) is 3.08. The zero-order valence-electron chi connectivity index (χ0n) is 6.23. The van der Waals surface area contributed by atoms with Crippen molar-refractivity contribution in [2.75, 3.05) is 0 Å². The normalized spacial score (nSPS) is 9.67. The van der Waals surface area contributed by atoms with Gasteiger partial charge in [0.1, 0.15) is 12.2 Å². The van der Waals surface area contributed by atoms with Crippen LogP contribution in [0.2, 0.25) is 0 Å². The number of carbonyl (C=O) groups excluding carboxylic acids is 1. The fourth-order valence-electron chi connectivity index (χ4n) is 0.914. The molecule has 1 heterocycles. The molecule has 0 radical (unpaired) electrons. The van der Waals surface area contributed by atoms with Crippen LogP contribution in [0.5, 0.6) is 0 Å². The number of nitrogens with two attached hydrogens (primary N) is 1. The summed E-state index contributed by atoms with van der Waals surface area (Å²) in [6.07, 6.45) is 1.49. The molecule has 3 N–H and O–H groups in total. The van der Waals surface area contributed by atoms with Crippen molar-refractivity contribution in [3.8, 4) is 0 Å². The van der Waals surface area contributed by atoms with E-state index in [1.165, 1.54) is 16.8 Å². The monoisotopic (exact) mass is 168 g/mol. The van der Waals surface area contributed by atoms with Crippen molar-refractivity contribution in [2.45, 2.75) is 6.54 Å². The van der Waals surface area contributed by atoms with E-state index >= 15 is 0 Å². The van der Waals surface area contributed by atoms with E-state index in [1.54, 1.807) is 6.07 Å². The van der Waals surface area contributed by atoms with Crippen LogP contribution in [-0.2, 0) is 11.3 Å². The summed E-state index contributed by atoms with van der Waals surface area (Å²) in [6.45, 7) is -0.103. The van der Waals surface area contributed by atoms with Crippen LogP contribution in [-0.4, -0.2) is 21.6 Å². The molecular weight excluding hydrogens is 160 g/mol. The van der Waals surface area contributed by atoms with E-state index in [-0.39, 0.29) is 12.2 Å². The summed E-state index contributed by atoms with van der Waals surface area (Å²) in [5, 5.41) is 8.59. The van der Waals surface area contributed by atoms with Gasteiger partial charge in [0.15, 0.2) is 0 Å². The molecule has 0 atom stereocenters. The Labute approximate surface area is 68.4 Å². The highest BCUT2D eigenvalue weighted by atomic mass is 16.4. The maximum absolute atomic E-state index is 10.5. The van der Waals surface area contributed by atoms with Gasteiger partial charge in [-0.3, -0.25) is 4.79 Å². The van der Waals surface area contributed by atoms with Crippen molar-refractivity contribution in [1.82, 2.24) is 4.57 Å². The third-order valence-corrected chi connectivity index (χ3v) is 1.37. The number of rotatable bonds is 3. The molecule has 1 rings (SSSR count). The highest BCUT2D eigenvalue weighted by molar-refractivity contribution is 5.86. The standard InChI is InChI=1S/C7H8N2O3/c8-6(10)4-9-3-1-2-5(9)7(11)12/h1-3H,4H2,(H2,8,10)(H,11,12). The molecular formula is C7H8N2O3. The Morgan fingerprint density at radius 2 is 2.25 bits per heavy atom. The van der Waals surface area contributed by atoms with Gasteiger partial charge in [-0.05, 0) is 12.1 Å². The number of carboxylic acid groups (broad SMARTS) is 1. The first kappa shape index (κ1) is 8.32. The molecule has 0 spiro atoms. The number of carbonyl (C=O) groups is 2. The number of aromatic nitrogens is 1. The van der Waals surface area contributed by atoms with Crippen molar-refractivity contribution < 1.29 is 14.7 Å². The van der Waals surface area contributed by atoms with E-state index in [9.17, 15) is 9.59 Å². The number of hydrogen-bond acceptors (Lipinski definition) is 2. The van der Waals surface area contributed by atoms with E-state index in [4.69, 9.17) is 10.8 Å². The minimum absolute atomic E-state index is 0.0637. The summed E-state index contributed by atoms with van der Waals surface area (Å²) >= 11 is 0. The Balaban J connectivity index is 2.91. The Morgan fingerprint density at radius 3 is 2.75 bits per heavy atom. The van der Waals surface area contributed by atoms with E-state index < -0.39 is 11.9 Å². The zero-order valence-corrected chi connectivity index (χ0v) is 6.23. The van der Waals surface area contributed by atoms with Crippen LogP contribution in [0.3, 0.4) is 0 Å². The third kappa shape index (κ3) is 1.63. The Bertz CT molecular complexity index is 316. The molecule has 0 aliphatic rings. The molecule has 1 amide bonds. The predicted molar refractivity (Wildman–Crippen MR) is 40.6 cm³/mol. The summed E-state index contributed by atoms with van der Waals surface area (Å²) in [5.41, 5.74) is 4.96. The minimum Gasteiger partial charge on any atom is -0.477 e. The lowest BCUT2D eigenvalue weighted by molar-refractivity contribution is -0.118. The maximum Gasteiger partial charge on any atom is 0.352 e. The van der Waals surface area contributed by atoms with E-state index in [0.717, 1.165) is 0 Å². The van der Waals surface area contributed by atoms with Gasteiger partial charge in [0, 0.05) is 6.20 Å². The summed E-state index contributed by atoms with van der Waals surface area (Å²) < 4.78 is 1.28. The summed E-state index contributed by atoms with van der Waals surface area (Å²) in [7, 11) is 0. The molecule has 0 fully saturated rings. The zero-order chi connectivity index (χ0) is 9.14. The van der Waals surface area contributed by atoms with Gasteiger partial charge in [0.05, 0.1) is 0 Å². The largest absolute Gasteiger partial charge is 0.477 e. The van der Waals surface area contributed by atoms with Gasteiger partial charge < -0.3 is 15.4 Å². The van der Waals surface area contributed by atoms with Gasteiger partial charge in [-0.1, -0.05) is 0 Å². The average molecular weight is 168 g/mol. The lowest BCUT2D eigenvalue weighted by atomic mass is 10.4. The smallest absolute Gasteiger partial charge is 0.352 e. The van der Waals surface area contributed by atoms with Crippen molar-refractivity contribution in [2.24, 2.45) is 5.73 Å². The molecule has 0 unspecified atom stereocenters. The molecule has 0 saturated carbocycles. The predicted octanol–water partition coefficient (Wildman–Crippen LogP) is -0.328. The molecule has 12 heavy (non-hydrogen) atoms. The van der Waals surface area contributed by atoms with Crippen LogP contribution in [0.4, 0.5) is 0 Å². The second-order valence-electron chi connectivity index (χ2n) is 2.29. The van der Waals surface area contributed by atoms with Crippen LogP contribution in [0, 0.1) is 0 Å². The van der Waals surface area contributed by atoms with Crippen LogP contribution in [0.25, 0.3) is 0 Å². The number of amides is 1. The molecule has 0 bridgehead atoms. The topological polar surface area (TPSA) is 85.3 Å². The summed E-state index contributed by atoms with van der Waals surface area (Å²) in [6, 6.07) is 2.96. The van der Waals surface area contributed by atoms with Crippen LogP contribution >= 0.6 is 0 Å². The molecule has 5 nitrogen and oxygen atoms in total. The first-order valence-corrected chi connectivity index (χ1v) is 3.28. The molecule has 5 heteroatoms. The molecule has 64 valence electrons. The van der Waals surface area contributed by atoms with Gasteiger partial charge in [0.2, 0.25) is 5.91 Å². The highest BCUT2D eigenvalue weighted by Crippen LogP contribution is 2.01. The van der Waals surface area contributed by atoms with Crippen molar-refractivity contribution in [1.29, 1.82) is 0 Å². The fraction of sp³-hybridized carbons (Fsp3) is 0.143.